The molecular formula is C35H29NO6. The van der Waals surface area contributed by atoms with Crippen molar-refractivity contribution in [3.8, 4) is 11.5 Å². The zero-order valence-electron chi connectivity index (χ0n) is 23.0. The summed E-state index contributed by atoms with van der Waals surface area (Å²) in [5.74, 6) is -2.68. The number of phenols is 2. The van der Waals surface area contributed by atoms with Crippen LogP contribution in [-0.2, 0) is 25.6 Å². The number of aromatic hydroxyl groups is 2. The molecule has 42 heavy (non-hydrogen) atoms. The number of imide groups is 1. The van der Waals surface area contributed by atoms with E-state index in [1.807, 2.05) is 30.3 Å². The number of ketones is 2. The molecule has 7 heteroatoms. The molecule has 7 rings (SSSR count). The minimum Gasteiger partial charge on any atom is -0.508 e. The van der Waals surface area contributed by atoms with Crippen LogP contribution in [0.15, 0.2) is 95.1 Å². The fourth-order valence-electron chi connectivity index (χ4n) is 7.46. The van der Waals surface area contributed by atoms with Gasteiger partial charge in [0.1, 0.15) is 11.5 Å². The molecule has 1 fully saturated rings. The van der Waals surface area contributed by atoms with E-state index in [4.69, 9.17) is 0 Å². The Morgan fingerprint density at radius 2 is 1.60 bits per heavy atom. The molecular weight excluding hydrogens is 530 g/mol. The number of rotatable bonds is 4. The van der Waals surface area contributed by atoms with Gasteiger partial charge in [0.05, 0.1) is 11.8 Å². The third kappa shape index (κ3) is 3.87. The lowest BCUT2D eigenvalue weighted by atomic mass is 9.59. The maximum atomic E-state index is 14.0. The van der Waals surface area contributed by atoms with Crippen molar-refractivity contribution in [2.45, 2.75) is 32.1 Å². The number of hydrogen-bond donors (Lipinski definition) is 2. The van der Waals surface area contributed by atoms with Crippen molar-refractivity contribution in [1.82, 2.24) is 4.90 Å². The first-order chi connectivity index (χ1) is 20.2. The summed E-state index contributed by atoms with van der Waals surface area (Å²) in [5, 5.41) is 21.6. The molecule has 7 nitrogen and oxygen atoms in total. The largest absolute Gasteiger partial charge is 0.508 e. The van der Waals surface area contributed by atoms with Crippen LogP contribution in [0.5, 0.6) is 11.5 Å². The Morgan fingerprint density at radius 3 is 2.36 bits per heavy atom. The average Bonchev–Trinajstić information content (AvgIpc) is 3.24. The summed E-state index contributed by atoms with van der Waals surface area (Å²) in [6.07, 6.45) is 4.48. The average molecular weight is 560 g/mol. The highest BCUT2D eigenvalue weighted by Crippen LogP contribution is 2.56. The smallest absolute Gasteiger partial charge is 0.233 e. The summed E-state index contributed by atoms with van der Waals surface area (Å²) in [7, 11) is 0. The molecule has 1 saturated heterocycles. The number of fused-ring (bicyclic) bond motifs is 4. The molecule has 0 radical (unpaired) electrons. The monoisotopic (exact) mass is 559 g/mol. The van der Waals surface area contributed by atoms with Crippen molar-refractivity contribution >= 4 is 34.2 Å². The van der Waals surface area contributed by atoms with Gasteiger partial charge in [-0.2, -0.15) is 0 Å². The summed E-state index contributed by atoms with van der Waals surface area (Å²) in [4.78, 5) is 56.0. The van der Waals surface area contributed by atoms with Crippen molar-refractivity contribution < 1.29 is 29.4 Å². The van der Waals surface area contributed by atoms with Crippen molar-refractivity contribution in [2.24, 2.45) is 17.8 Å². The number of allylic oxidation sites excluding steroid dienone is 6. The van der Waals surface area contributed by atoms with Crippen LogP contribution in [0.2, 0.25) is 0 Å². The minimum absolute atomic E-state index is 0.122. The summed E-state index contributed by atoms with van der Waals surface area (Å²) < 4.78 is 0. The van der Waals surface area contributed by atoms with Crippen molar-refractivity contribution in [2.75, 3.05) is 6.54 Å². The van der Waals surface area contributed by atoms with Crippen LogP contribution in [0, 0.1) is 17.8 Å². The highest BCUT2D eigenvalue weighted by atomic mass is 16.3. The molecule has 4 atom stereocenters. The minimum atomic E-state index is -0.618. The van der Waals surface area contributed by atoms with Gasteiger partial charge in [-0.05, 0) is 72.9 Å². The van der Waals surface area contributed by atoms with Gasteiger partial charge in [-0.15, -0.1) is 0 Å². The van der Waals surface area contributed by atoms with Gasteiger partial charge in [-0.25, -0.2) is 0 Å². The van der Waals surface area contributed by atoms with Crippen LogP contribution in [0.4, 0.5) is 0 Å². The van der Waals surface area contributed by atoms with E-state index in [0.717, 1.165) is 22.1 Å². The summed E-state index contributed by atoms with van der Waals surface area (Å²) in [6.45, 7) is 1.88. The first-order valence-electron chi connectivity index (χ1n) is 14.3. The Morgan fingerprint density at radius 1 is 0.857 bits per heavy atom. The predicted molar refractivity (Wildman–Crippen MR) is 155 cm³/mol. The molecule has 4 aliphatic rings. The van der Waals surface area contributed by atoms with Crippen LogP contribution in [-0.4, -0.2) is 45.0 Å². The number of nitrogens with zero attached hydrogens (tertiary/aromatic N) is 1. The quantitative estimate of drug-likeness (QED) is 0.267. The molecule has 2 N–H and O–H groups in total. The fraction of sp³-hybridized carbons (Fsp3) is 0.257. The predicted octanol–water partition coefficient (Wildman–Crippen LogP) is 4.92. The third-order valence-electron chi connectivity index (χ3n) is 9.46. The Hall–Kier alpha value is -4.78. The number of carbonyl (C=O) groups excluding carboxylic acids is 4. The number of likely N-dealkylation sites (tertiary alicyclic amines) is 1. The SMILES string of the molecule is CC1=CC(=O)C2=C(C1=O)C(c1ccc(O)c3ccccc13)C1=CCC3C(=O)N(CCc4ccc(O)cc4)C(=O)C3C1C2. The zero-order valence-corrected chi connectivity index (χ0v) is 23.0. The zero-order chi connectivity index (χ0) is 29.3. The van der Waals surface area contributed by atoms with E-state index in [1.54, 1.807) is 43.3 Å². The number of benzene rings is 3. The number of carbonyl (C=O) groups is 4. The molecule has 3 aromatic carbocycles. The van der Waals surface area contributed by atoms with E-state index in [0.29, 0.717) is 34.9 Å². The fourth-order valence-corrected chi connectivity index (χ4v) is 7.46. The number of hydrogen-bond acceptors (Lipinski definition) is 6. The van der Waals surface area contributed by atoms with Gasteiger partial charge in [-0.1, -0.05) is 54.1 Å². The highest BCUT2D eigenvalue weighted by molar-refractivity contribution is 6.24. The first kappa shape index (κ1) is 26.1. The maximum absolute atomic E-state index is 14.0. The Balaban J connectivity index is 1.31. The van der Waals surface area contributed by atoms with E-state index in [1.165, 1.54) is 11.0 Å². The molecule has 3 aliphatic carbocycles. The normalized spacial score (nSPS) is 25.3. The van der Waals surface area contributed by atoms with Gasteiger partial charge in [0.25, 0.3) is 0 Å². The van der Waals surface area contributed by atoms with Crippen LogP contribution in [0.3, 0.4) is 0 Å². The van der Waals surface area contributed by atoms with Crippen molar-refractivity contribution in [3.63, 3.8) is 0 Å². The molecule has 1 heterocycles. The van der Waals surface area contributed by atoms with Gasteiger partial charge < -0.3 is 10.2 Å². The lowest BCUT2D eigenvalue weighted by molar-refractivity contribution is -0.140. The molecule has 1 aliphatic heterocycles. The van der Waals surface area contributed by atoms with Crippen LogP contribution in [0.1, 0.15) is 36.8 Å². The molecule has 3 aromatic rings. The molecule has 4 unspecified atom stereocenters. The Labute approximate surface area is 242 Å². The second-order valence-corrected chi connectivity index (χ2v) is 11.7. The molecule has 0 saturated carbocycles. The van der Waals surface area contributed by atoms with E-state index >= 15 is 0 Å². The maximum Gasteiger partial charge on any atom is 0.233 e. The van der Waals surface area contributed by atoms with Gasteiger partial charge in [0.15, 0.2) is 11.6 Å². The molecule has 2 amide bonds. The Kier molecular flexibility index (Phi) is 6.01. The van der Waals surface area contributed by atoms with Crippen LogP contribution in [0.25, 0.3) is 10.8 Å². The summed E-state index contributed by atoms with van der Waals surface area (Å²) in [6, 6.07) is 17.5. The number of phenolic OH excluding ortho intramolecular Hbond substituents is 2. The molecule has 0 bridgehead atoms. The summed E-state index contributed by atoms with van der Waals surface area (Å²) in [5.41, 5.74) is 3.83. The van der Waals surface area contributed by atoms with E-state index in [2.05, 4.69) is 0 Å². The Bertz CT molecular complexity index is 1810. The van der Waals surface area contributed by atoms with Gasteiger partial charge >= 0.3 is 0 Å². The van der Waals surface area contributed by atoms with Crippen LogP contribution < -0.4 is 0 Å². The first-order valence-corrected chi connectivity index (χ1v) is 14.3. The second-order valence-electron chi connectivity index (χ2n) is 11.7. The van der Waals surface area contributed by atoms with Gasteiger partial charge in [-0.3, -0.25) is 24.1 Å². The lowest BCUT2D eigenvalue weighted by Crippen LogP contribution is -2.40. The van der Waals surface area contributed by atoms with Crippen molar-refractivity contribution in [1.29, 1.82) is 0 Å². The summed E-state index contributed by atoms with van der Waals surface area (Å²) >= 11 is 0. The molecule has 0 spiro atoms. The van der Waals surface area contributed by atoms with E-state index in [-0.39, 0.29) is 47.8 Å². The van der Waals surface area contributed by atoms with Gasteiger partial charge in [0.2, 0.25) is 11.8 Å². The highest BCUT2D eigenvalue weighted by Gasteiger charge is 2.56. The topological polar surface area (TPSA) is 112 Å². The number of amides is 2. The molecule has 0 aromatic heterocycles. The van der Waals surface area contributed by atoms with E-state index in [9.17, 15) is 29.4 Å². The number of Topliss-reactive ketones (excluding diaryl/α,β-unsaturated/α-hetero) is 1. The van der Waals surface area contributed by atoms with E-state index < -0.39 is 23.7 Å². The van der Waals surface area contributed by atoms with Crippen LogP contribution >= 0.6 is 0 Å². The third-order valence-corrected chi connectivity index (χ3v) is 9.46. The standard InChI is InChI=1S/C35H29NO6/c1-18-16-29(39)27-17-26-24(30(32(27)33(18)40)23-12-13-28(38)22-5-3-2-4-21(22)23)10-11-25-31(26)35(42)36(34(25)41)15-14-19-6-8-20(37)9-7-19/h2-10,12-13,16,25-26,30-31,37-38H,11,14-15,17H2,1H3. The van der Waals surface area contributed by atoms with Crippen molar-refractivity contribution in [3.05, 3.63) is 106 Å². The second kappa shape index (κ2) is 9.65. The lowest BCUT2D eigenvalue weighted by Gasteiger charge is -2.42. The molecule has 210 valence electrons. The van der Waals surface area contributed by atoms with Gasteiger partial charge in [0, 0.05) is 34.6 Å².